The van der Waals surface area contributed by atoms with Crippen LogP contribution in [0, 0.1) is 17.8 Å². The first-order chi connectivity index (χ1) is 58.1. The number of guanidine groups is 1. The van der Waals surface area contributed by atoms with Gasteiger partial charge in [-0.05, 0) is 113 Å². The Balaban J connectivity index is 0.00000151. The second-order valence-corrected chi connectivity index (χ2v) is 46.3. The summed E-state index contributed by atoms with van der Waals surface area (Å²) in [6.45, 7) is 39.2. The fourth-order valence-corrected chi connectivity index (χ4v) is 24.6. The summed E-state index contributed by atoms with van der Waals surface area (Å²) in [5.41, 5.74) is 25.6. The lowest BCUT2D eigenvalue weighted by Gasteiger charge is -2.39. The number of unbranched alkanes of at least 4 members (excludes halogenated alkanes) is 1. The van der Waals surface area contributed by atoms with Gasteiger partial charge in [-0.2, -0.15) is 0 Å². The molecule has 35 heteroatoms. The molecule has 0 saturated carbocycles. The Hall–Kier alpha value is -10.8. The van der Waals surface area contributed by atoms with Crippen LogP contribution in [0.15, 0.2) is 96.5 Å². The number of nitrogens with two attached hydrogens (primary N) is 4. The minimum atomic E-state index is -1.42. The number of carbonyl (C=O) groups excluding carboxylic acids is 12. The Morgan fingerprint density at radius 3 is 1.57 bits per heavy atom. The van der Waals surface area contributed by atoms with Crippen molar-refractivity contribution < 1.29 is 72.5 Å². The molecule has 2 radical (unpaired) electrons. The normalized spacial score (nSPS) is 14.0. The highest BCUT2D eigenvalue weighted by molar-refractivity contribution is 6.79. The van der Waals surface area contributed by atoms with Crippen molar-refractivity contribution >= 4 is 122 Å². The van der Waals surface area contributed by atoms with Gasteiger partial charge >= 0.3 is 5.97 Å². The molecule has 0 unspecified atom stereocenters. The number of nitrogens with zero attached hydrogens (tertiary/aromatic N) is 3. The standard InChI is InChI=1S/C74H117N18O13Si.C16H25O2Si/c1-42(2)32-54(58(93)37-62(97)87-55(65(76)99)33-43(3)4)89-70(104)57(36-48-39-79-41-83-48)88-63(98)40-92(14)71(105)64(44(5)6)91-66(100)45(7)84-69(103)56(35-47-38-82-51-21-16-15-20-50(47)51)90-68(102)53(28-29-59(75)94)85-60(95)23-17-18-30-80-67(101)52(22-19-31-81-72(77)78)86-61(96)34-46-24-26-49(27-25-46)106(73(8,9)10)74(11,12)13;1-15(2,3)19(16(4,5)6)13-9-7-12(8-10-13)11-14(17)18/h15-16,20-21,24-27,38-39,41-45,52-58,64,82,93H,17-19,22-23,28-37,40H2,1-14H3,(H2,75,94)(H2,76,99)(H,79,83)(H,80,101)(H,84,103)(H,85,95)(H,86,96)(H,87,97)(H,88,98)(H,89,104)(H,90,102)(H,91,100)(H4,77,78,81);7-10H,11H2,1-6H3,(H,17,18)/t45-,52-,53-,54-,55-,56-,57-,58-,64-;/m0./s1. The number of rotatable bonds is 47. The van der Waals surface area contributed by atoms with Crippen molar-refractivity contribution in [3.05, 3.63) is 114 Å². The highest BCUT2D eigenvalue weighted by atomic mass is 28.3. The van der Waals surface area contributed by atoms with Gasteiger partial charge in [-0.1, -0.05) is 202 Å². The van der Waals surface area contributed by atoms with Gasteiger partial charge in [-0.15, -0.1) is 0 Å². The maximum absolute atomic E-state index is 14.5. The summed E-state index contributed by atoms with van der Waals surface area (Å²) >= 11 is 0. The smallest absolute Gasteiger partial charge is 0.307 e. The molecule has 125 heavy (non-hydrogen) atoms. The van der Waals surface area contributed by atoms with Crippen LogP contribution in [0.4, 0.5) is 0 Å². The van der Waals surface area contributed by atoms with Crippen molar-refractivity contribution in [1.29, 1.82) is 0 Å². The second kappa shape index (κ2) is 49.8. The van der Waals surface area contributed by atoms with E-state index < -0.39 is 162 Å². The van der Waals surface area contributed by atoms with Crippen molar-refractivity contribution in [1.82, 2.24) is 67.7 Å². The fraction of sp³-hybridized carbons (Fsp3) is 0.589. The third-order valence-corrected chi connectivity index (χ3v) is 28.5. The quantitative estimate of drug-likeness (QED) is 0.0108. The summed E-state index contributed by atoms with van der Waals surface area (Å²) in [6.07, 6.45) is 3.42. The van der Waals surface area contributed by atoms with Gasteiger partial charge in [0, 0.05) is 74.8 Å². The molecular weight excluding hydrogens is 1630 g/mol. The summed E-state index contributed by atoms with van der Waals surface area (Å²) in [5, 5.41) is 48.7. The number of fused-ring (bicyclic) bond motifs is 1. The molecule has 690 valence electrons. The number of carbonyl (C=O) groups is 13. The number of hydrogen-bond acceptors (Lipinski definition) is 16. The number of likely N-dealkylation sites (N-methyl/N-ethyl adjacent to an activating group) is 1. The van der Waals surface area contributed by atoms with E-state index in [0.29, 0.717) is 24.1 Å². The van der Waals surface area contributed by atoms with E-state index in [-0.39, 0.29) is 128 Å². The number of H-pyrrole nitrogens is 2. The Morgan fingerprint density at radius 2 is 1.05 bits per heavy atom. The fourth-order valence-electron chi connectivity index (χ4n) is 15.7. The number of benzene rings is 3. The van der Waals surface area contributed by atoms with E-state index in [1.165, 1.54) is 36.9 Å². The van der Waals surface area contributed by atoms with E-state index in [0.717, 1.165) is 26.9 Å². The molecular formula is C90H142N18O15Si2. The number of carboxylic acids is 1. The summed E-state index contributed by atoms with van der Waals surface area (Å²) in [4.78, 5) is 189. The third kappa shape index (κ3) is 37.9. The van der Waals surface area contributed by atoms with Gasteiger partial charge in [0.25, 0.3) is 0 Å². The van der Waals surface area contributed by atoms with Gasteiger partial charge in [0.1, 0.15) is 42.3 Å². The average Bonchev–Trinajstić information content (AvgIpc) is 1.56. The predicted octanol–water partition coefficient (Wildman–Crippen LogP) is 4.78. The summed E-state index contributed by atoms with van der Waals surface area (Å²) in [7, 11) is -0.439. The summed E-state index contributed by atoms with van der Waals surface area (Å²) in [5.74, 6) is -9.82. The molecule has 0 spiro atoms. The Morgan fingerprint density at radius 1 is 0.528 bits per heavy atom. The van der Waals surface area contributed by atoms with Gasteiger partial charge in [-0.25, -0.2) is 4.98 Å². The maximum Gasteiger partial charge on any atom is 0.307 e. The molecule has 0 aliphatic carbocycles. The molecule has 2 heterocycles. The molecule has 9 atom stereocenters. The number of amides is 12. The zero-order valence-electron chi connectivity index (χ0n) is 77.0. The number of para-hydroxylation sites is 1. The van der Waals surface area contributed by atoms with Gasteiger partial charge in [0.15, 0.2) is 5.96 Å². The molecule has 0 bridgehead atoms. The van der Waals surface area contributed by atoms with Crippen LogP contribution < -0.4 is 81.2 Å². The molecule has 3 aromatic carbocycles. The van der Waals surface area contributed by atoms with Crippen molar-refractivity contribution in [2.75, 3.05) is 26.7 Å². The van der Waals surface area contributed by atoms with Crippen LogP contribution in [0.2, 0.25) is 20.2 Å². The van der Waals surface area contributed by atoms with E-state index in [4.69, 9.17) is 28.0 Å². The zero-order chi connectivity index (χ0) is 94.2. The number of carboxylic acid groups (broad SMARTS) is 1. The van der Waals surface area contributed by atoms with Crippen LogP contribution >= 0.6 is 0 Å². The molecule has 33 nitrogen and oxygen atoms in total. The monoisotopic (exact) mass is 1770 g/mol. The van der Waals surface area contributed by atoms with Crippen molar-refractivity contribution in [3.8, 4) is 0 Å². The number of aliphatic carboxylic acids is 1. The number of primary amides is 2. The minimum Gasteiger partial charge on any atom is -0.481 e. The molecule has 0 aliphatic rings. The minimum absolute atomic E-state index is 0.0202. The van der Waals surface area contributed by atoms with E-state index >= 15 is 0 Å². The summed E-state index contributed by atoms with van der Waals surface area (Å²) in [6, 6.07) is 13.9. The molecule has 5 aromatic rings. The maximum atomic E-state index is 14.5. The van der Waals surface area contributed by atoms with Gasteiger partial charge in [0.05, 0.1) is 61.9 Å². The molecule has 0 saturated heterocycles. The van der Waals surface area contributed by atoms with E-state index in [2.05, 4.69) is 175 Å². The van der Waals surface area contributed by atoms with Gasteiger partial charge in [-0.3, -0.25) is 67.3 Å². The number of imidazole rings is 1. The number of aromatic amines is 2. The number of aliphatic imine (C=N–C) groups is 1. The number of aliphatic hydroxyl groups excluding tert-OH is 1. The lowest BCUT2D eigenvalue weighted by atomic mass is 9.96. The Bertz CT molecular complexity index is 4380. The van der Waals surface area contributed by atoms with Crippen LogP contribution in [0.3, 0.4) is 0 Å². The molecule has 0 aliphatic heterocycles. The van der Waals surface area contributed by atoms with Gasteiger partial charge < -0.3 is 95.9 Å². The lowest BCUT2D eigenvalue weighted by Crippen LogP contribution is -2.59. The first kappa shape index (κ1) is 107. The van der Waals surface area contributed by atoms with Crippen LogP contribution in [0.1, 0.15) is 218 Å². The molecule has 0 fully saturated rings. The van der Waals surface area contributed by atoms with E-state index in [9.17, 15) is 67.4 Å². The van der Waals surface area contributed by atoms with Crippen LogP contribution in [0.5, 0.6) is 0 Å². The first-order valence-corrected chi connectivity index (χ1v) is 46.1. The first-order valence-electron chi connectivity index (χ1n) is 43.1. The number of nitrogens with one attached hydrogen (secondary N) is 11. The van der Waals surface area contributed by atoms with Crippen LogP contribution in [0.25, 0.3) is 10.9 Å². The van der Waals surface area contributed by atoms with E-state index in [1.807, 2.05) is 64.1 Å². The lowest BCUT2D eigenvalue weighted by molar-refractivity contribution is -0.140. The molecule has 21 N–H and O–H groups in total. The van der Waals surface area contributed by atoms with Crippen LogP contribution in [-0.2, 0) is 88.0 Å². The zero-order valence-corrected chi connectivity index (χ0v) is 79.0. The second-order valence-electron chi connectivity index (χ2n) is 37.7. The van der Waals surface area contributed by atoms with Crippen LogP contribution in [-0.4, -0.2) is 212 Å². The predicted molar refractivity (Wildman–Crippen MR) is 489 cm³/mol. The molecule has 2 aromatic heterocycles. The SMILES string of the molecule is CC(C)(C)[Si](c1ccc(CC(=O)O)cc1)C(C)(C)C.CC(C)C[C@H](NC(=O)C[C@H](O)[C@H](CC(C)C)NC(=O)[C@H](Cc1cnc[nH]1)NC(=O)CN(C)C(=O)[C@@H](NC(=O)[C@H](C)NC(=O)[C@H](Cc1c[nH]c2ccccc12)NC(=O)[C@H](CCC(N)=O)NC(=O)CCCCNC(=O)[C@H](CCCN=C(N)N)NC(=O)Cc1ccc([Si](C(C)(C)C)C(C)(C)C)cc1)C(C)C)C(N)=O. The topological polar surface area (TPSA) is 535 Å². The average molecular weight is 1770 g/mol. The van der Waals surface area contributed by atoms with Crippen molar-refractivity contribution in [3.63, 3.8) is 0 Å². The van der Waals surface area contributed by atoms with Gasteiger partial charge in [0.2, 0.25) is 70.9 Å². The molecule has 5 rings (SSSR count). The Kier molecular flexibility index (Phi) is 42.4. The van der Waals surface area contributed by atoms with E-state index in [1.54, 1.807) is 32.2 Å². The largest absolute Gasteiger partial charge is 0.481 e. The van der Waals surface area contributed by atoms with Crippen molar-refractivity contribution in [2.24, 2.45) is 45.7 Å². The summed E-state index contributed by atoms with van der Waals surface area (Å²) < 4.78 is 0. The number of hydrogen-bond donors (Lipinski definition) is 17. The molecule has 12 amide bonds. The number of aliphatic hydroxyl groups is 1. The highest BCUT2D eigenvalue weighted by Gasteiger charge is 2.41. The van der Waals surface area contributed by atoms with Crippen molar-refractivity contribution in [2.45, 2.75) is 296 Å². The number of aromatic nitrogens is 3. The Labute approximate surface area is 740 Å². The third-order valence-electron chi connectivity index (χ3n) is 20.7. The highest BCUT2D eigenvalue weighted by Crippen LogP contribution is 2.43.